The van der Waals surface area contributed by atoms with Gasteiger partial charge in [0.2, 0.25) is 11.8 Å². The number of rotatable bonds is 6. The number of hydrogen-bond acceptors (Lipinski definition) is 3. The molecule has 2 rings (SSSR count). The summed E-state index contributed by atoms with van der Waals surface area (Å²) in [6.45, 7) is 9.52. The van der Waals surface area contributed by atoms with E-state index in [1.165, 1.54) is 5.56 Å². The van der Waals surface area contributed by atoms with Crippen molar-refractivity contribution in [3.05, 3.63) is 35.9 Å². The van der Waals surface area contributed by atoms with Gasteiger partial charge in [0.1, 0.15) is 0 Å². The fourth-order valence-electron chi connectivity index (χ4n) is 3.29. The molecule has 0 radical (unpaired) electrons. The van der Waals surface area contributed by atoms with E-state index in [0.29, 0.717) is 19.5 Å². The van der Waals surface area contributed by atoms with Crippen LogP contribution < -0.4 is 5.32 Å². The molecule has 26 heavy (non-hydrogen) atoms. The lowest BCUT2D eigenvalue weighted by Crippen LogP contribution is -2.46. The summed E-state index contributed by atoms with van der Waals surface area (Å²) in [7, 11) is 0. The first-order valence-electron chi connectivity index (χ1n) is 9.68. The van der Waals surface area contributed by atoms with Crippen molar-refractivity contribution in [2.24, 2.45) is 0 Å². The van der Waals surface area contributed by atoms with E-state index in [-0.39, 0.29) is 17.4 Å². The van der Waals surface area contributed by atoms with Crippen LogP contribution in [0, 0.1) is 0 Å². The molecule has 1 N–H and O–H groups in total. The largest absolute Gasteiger partial charge is 0.350 e. The van der Waals surface area contributed by atoms with Crippen LogP contribution in [0.4, 0.5) is 0 Å². The molecule has 144 valence electrons. The fourth-order valence-corrected chi connectivity index (χ4v) is 3.29. The predicted octanol–water partition coefficient (Wildman–Crippen LogP) is 2.46. The molecule has 5 nitrogen and oxygen atoms in total. The van der Waals surface area contributed by atoms with Crippen molar-refractivity contribution in [2.75, 3.05) is 32.7 Å². The first-order valence-corrected chi connectivity index (χ1v) is 9.68. The number of carbonyl (C=O) groups is 2. The second kappa shape index (κ2) is 9.72. The highest BCUT2D eigenvalue weighted by molar-refractivity contribution is 5.79. The van der Waals surface area contributed by atoms with Crippen molar-refractivity contribution < 1.29 is 9.59 Å². The summed E-state index contributed by atoms with van der Waals surface area (Å²) < 4.78 is 0. The van der Waals surface area contributed by atoms with Gasteiger partial charge in [-0.3, -0.25) is 14.5 Å². The molecule has 0 bridgehead atoms. The Morgan fingerprint density at radius 3 is 2.46 bits per heavy atom. The van der Waals surface area contributed by atoms with Gasteiger partial charge in [0.25, 0.3) is 0 Å². The topological polar surface area (TPSA) is 52.7 Å². The third-order valence-corrected chi connectivity index (χ3v) is 4.52. The molecule has 1 aliphatic rings. The Labute approximate surface area is 157 Å². The third-order valence-electron chi connectivity index (χ3n) is 4.52. The number of hydrogen-bond donors (Lipinski definition) is 1. The number of amides is 2. The van der Waals surface area contributed by atoms with Crippen molar-refractivity contribution in [3.8, 4) is 0 Å². The van der Waals surface area contributed by atoms with Gasteiger partial charge in [0, 0.05) is 38.1 Å². The van der Waals surface area contributed by atoms with Crippen LogP contribution in [0.2, 0.25) is 0 Å². The van der Waals surface area contributed by atoms with E-state index in [2.05, 4.69) is 22.3 Å². The van der Waals surface area contributed by atoms with Crippen LogP contribution in [-0.2, 0) is 16.0 Å². The first kappa shape index (κ1) is 20.4. The van der Waals surface area contributed by atoms with E-state index < -0.39 is 0 Å². The third kappa shape index (κ3) is 7.56. The van der Waals surface area contributed by atoms with Gasteiger partial charge in [-0.25, -0.2) is 0 Å². The molecule has 0 unspecified atom stereocenters. The van der Waals surface area contributed by atoms with Gasteiger partial charge < -0.3 is 10.2 Å². The highest BCUT2D eigenvalue weighted by Gasteiger charge is 2.21. The van der Waals surface area contributed by atoms with Crippen molar-refractivity contribution in [2.45, 2.75) is 52.0 Å². The van der Waals surface area contributed by atoms with Crippen LogP contribution in [-0.4, -0.2) is 59.9 Å². The van der Waals surface area contributed by atoms with E-state index in [0.717, 1.165) is 38.9 Å². The van der Waals surface area contributed by atoms with Crippen LogP contribution in [0.15, 0.2) is 30.3 Å². The summed E-state index contributed by atoms with van der Waals surface area (Å²) in [4.78, 5) is 28.7. The second-order valence-corrected chi connectivity index (χ2v) is 8.15. The number of nitrogens with one attached hydrogen (secondary N) is 1. The molecular formula is C21H33N3O2. The van der Waals surface area contributed by atoms with Gasteiger partial charge in [0.05, 0.1) is 6.54 Å². The van der Waals surface area contributed by atoms with Gasteiger partial charge in [-0.05, 0) is 45.6 Å². The normalized spacial score (nSPS) is 16.2. The van der Waals surface area contributed by atoms with Crippen molar-refractivity contribution >= 4 is 11.8 Å². The lowest BCUT2D eigenvalue weighted by Gasteiger charge is -2.25. The van der Waals surface area contributed by atoms with Gasteiger partial charge in [-0.1, -0.05) is 30.3 Å². The summed E-state index contributed by atoms with van der Waals surface area (Å²) >= 11 is 0. The Morgan fingerprint density at radius 1 is 1.04 bits per heavy atom. The Morgan fingerprint density at radius 2 is 1.77 bits per heavy atom. The van der Waals surface area contributed by atoms with E-state index in [1.54, 1.807) is 0 Å². The molecule has 1 aliphatic heterocycles. The van der Waals surface area contributed by atoms with E-state index >= 15 is 0 Å². The van der Waals surface area contributed by atoms with E-state index in [1.807, 2.05) is 43.9 Å². The van der Waals surface area contributed by atoms with E-state index in [4.69, 9.17) is 0 Å². The summed E-state index contributed by atoms with van der Waals surface area (Å²) in [5, 5.41) is 3.00. The smallest absolute Gasteiger partial charge is 0.234 e. The molecule has 5 heteroatoms. The van der Waals surface area contributed by atoms with Crippen molar-refractivity contribution in [1.29, 1.82) is 0 Å². The molecule has 1 heterocycles. The monoisotopic (exact) mass is 359 g/mol. The van der Waals surface area contributed by atoms with Crippen LogP contribution in [0.25, 0.3) is 0 Å². The van der Waals surface area contributed by atoms with Gasteiger partial charge in [-0.15, -0.1) is 0 Å². The molecule has 1 aromatic rings. The summed E-state index contributed by atoms with van der Waals surface area (Å²) in [5.41, 5.74) is 1.08. The van der Waals surface area contributed by atoms with Crippen molar-refractivity contribution in [3.63, 3.8) is 0 Å². The van der Waals surface area contributed by atoms with Crippen molar-refractivity contribution in [1.82, 2.24) is 15.1 Å². The second-order valence-electron chi connectivity index (χ2n) is 8.15. The molecule has 1 saturated heterocycles. The Bertz CT molecular complexity index is 581. The minimum atomic E-state index is -0.205. The molecule has 2 amide bonds. The quantitative estimate of drug-likeness (QED) is 0.849. The van der Waals surface area contributed by atoms with Gasteiger partial charge in [0.15, 0.2) is 0 Å². The Balaban J connectivity index is 1.71. The summed E-state index contributed by atoms with van der Waals surface area (Å²) in [5.74, 6) is 0.294. The molecule has 0 spiro atoms. The maximum Gasteiger partial charge on any atom is 0.234 e. The Hall–Kier alpha value is -1.88. The summed E-state index contributed by atoms with van der Waals surface area (Å²) in [6, 6.07) is 10.3. The van der Waals surface area contributed by atoms with Crippen LogP contribution in [0.1, 0.15) is 45.6 Å². The average molecular weight is 360 g/mol. The first-order chi connectivity index (χ1) is 12.3. The number of carbonyl (C=O) groups excluding carboxylic acids is 2. The highest BCUT2D eigenvalue weighted by Crippen LogP contribution is 2.09. The molecule has 0 atom stereocenters. The zero-order chi connectivity index (χ0) is 19.0. The number of benzene rings is 1. The predicted molar refractivity (Wildman–Crippen MR) is 105 cm³/mol. The zero-order valence-electron chi connectivity index (χ0n) is 16.5. The van der Waals surface area contributed by atoms with Crippen LogP contribution in [0.3, 0.4) is 0 Å². The molecule has 1 fully saturated rings. The Kier molecular flexibility index (Phi) is 7.64. The maximum absolute atomic E-state index is 12.5. The average Bonchev–Trinajstić information content (AvgIpc) is 2.79. The SMILES string of the molecule is CC(C)(C)NC(=O)CN1CCCN(C(=O)CCCc2ccccc2)CC1. The van der Waals surface area contributed by atoms with E-state index in [9.17, 15) is 9.59 Å². The maximum atomic E-state index is 12.5. The molecular weight excluding hydrogens is 326 g/mol. The number of nitrogens with zero attached hydrogens (tertiary/aromatic N) is 2. The van der Waals surface area contributed by atoms with Crippen LogP contribution in [0.5, 0.6) is 0 Å². The zero-order valence-corrected chi connectivity index (χ0v) is 16.5. The molecule has 1 aromatic carbocycles. The lowest BCUT2D eigenvalue weighted by atomic mass is 10.1. The standard InChI is InChI=1S/C21H33N3O2/c1-21(2,3)22-19(25)17-23-13-8-14-24(16-15-23)20(26)12-7-11-18-9-5-4-6-10-18/h4-6,9-10H,7-8,11-17H2,1-3H3,(H,22,25). The minimum Gasteiger partial charge on any atom is -0.350 e. The molecule has 0 aliphatic carbocycles. The number of aryl methyl sites for hydroxylation is 1. The molecule has 0 saturated carbocycles. The minimum absolute atomic E-state index is 0.0557. The molecule has 0 aromatic heterocycles. The van der Waals surface area contributed by atoms with Gasteiger partial charge in [-0.2, -0.15) is 0 Å². The van der Waals surface area contributed by atoms with Crippen LogP contribution >= 0.6 is 0 Å². The highest BCUT2D eigenvalue weighted by atomic mass is 16.2. The summed E-state index contributed by atoms with van der Waals surface area (Å²) in [6.07, 6.45) is 3.35. The lowest BCUT2D eigenvalue weighted by molar-refractivity contribution is -0.131. The fraction of sp³-hybridized carbons (Fsp3) is 0.619. The van der Waals surface area contributed by atoms with Gasteiger partial charge >= 0.3 is 0 Å².